The van der Waals surface area contributed by atoms with Gasteiger partial charge in [-0.2, -0.15) is 0 Å². The summed E-state index contributed by atoms with van der Waals surface area (Å²) in [6.45, 7) is 12.5. The molecule has 8 heteroatoms. The molecule has 2 aromatic carbocycles. The van der Waals surface area contributed by atoms with Crippen molar-refractivity contribution in [3.8, 4) is 11.1 Å². The Morgan fingerprint density at radius 1 is 0.975 bits per heavy atom. The predicted octanol–water partition coefficient (Wildman–Crippen LogP) is 4.63. The Hall–Kier alpha value is -2.68. The summed E-state index contributed by atoms with van der Waals surface area (Å²) in [5, 5.41) is 16.3. The largest absolute Gasteiger partial charge is 0.481 e. The van der Waals surface area contributed by atoms with Crippen molar-refractivity contribution >= 4 is 18.9 Å². The van der Waals surface area contributed by atoms with E-state index in [9.17, 15) is 14.7 Å². The summed E-state index contributed by atoms with van der Waals surface area (Å²) in [6, 6.07) is 16.0. The van der Waals surface area contributed by atoms with Crippen LogP contribution in [0.25, 0.3) is 11.1 Å². The van der Waals surface area contributed by atoms with Crippen LogP contribution in [0.1, 0.15) is 71.2 Å². The van der Waals surface area contributed by atoms with Gasteiger partial charge in [-0.05, 0) is 79.5 Å². The molecule has 0 spiro atoms. The van der Waals surface area contributed by atoms with Gasteiger partial charge in [0.1, 0.15) is 6.04 Å². The predicted molar refractivity (Wildman–Crippen MR) is 156 cm³/mol. The van der Waals surface area contributed by atoms with E-state index in [1.54, 1.807) is 12.1 Å². The number of aliphatic hydroxyl groups excluding tert-OH is 1. The van der Waals surface area contributed by atoms with E-state index in [0.717, 1.165) is 24.0 Å². The van der Waals surface area contributed by atoms with E-state index in [1.165, 1.54) is 6.92 Å². The minimum absolute atomic E-state index is 0.00645. The number of aliphatic hydroxyl groups is 1. The monoisotopic (exact) mass is 546 g/mol. The van der Waals surface area contributed by atoms with Crippen molar-refractivity contribution in [3.63, 3.8) is 0 Å². The lowest BCUT2D eigenvalue weighted by Crippen LogP contribution is -2.65. The zero-order chi connectivity index (χ0) is 28.8. The summed E-state index contributed by atoms with van der Waals surface area (Å²) in [7, 11) is -0.576. The van der Waals surface area contributed by atoms with Crippen LogP contribution in [0.3, 0.4) is 0 Å². The zero-order valence-corrected chi connectivity index (χ0v) is 24.5. The smallest absolute Gasteiger partial charge is 0.404 e. The molecular weight excluding hydrogens is 503 g/mol. The second-order valence-electron chi connectivity index (χ2n) is 13.2. The van der Waals surface area contributed by atoms with E-state index in [4.69, 9.17) is 9.31 Å². The van der Waals surface area contributed by atoms with Crippen LogP contribution < -0.4 is 10.6 Å². The Morgan fingerprint density at radius 3 is 2.23 bits per heavy atom. The third-order valence-electron chi connectivity index (χ3n) is 9.66. The summed E-state index contributed by atoms with van der Waals surface area (Å²) in [5.74, 6) is 0.0515. The van der Waals surface area contributed by atoms with Gasteiger partial charge in [-0.15, -0.1) is 0 Å². The van der Waals surface area contributed by atoms with E-state index in [0.29, 0.717) is 23.8 Å². The topological polar surface area (TPSA) is 96.9 Å². The third kappa shape index (κ3) is 5.33. The molecule has 3 saturated carbocycles. The second-order valence-corrected chi connectivity index (χ2v) is 13.2. The molecule has 7 nitrogen and oxygen atoms in total. The average molecular weight is 547 g/mol. The van der Waals surface area contributed by atoms with Crippen molar-refractivity contribution in [3.05, 3.63) is 60.2 Å². The summed E-state index contributed by atoms with van der Waals surface area (Å²) in [4.78, 5) is 26.6. The van der Waals surface area contributed by atoms with Crippen LogP contribution in [-0.4, -0.2) is 53.8 Å². The molecule has 3 N–H and O–H groups in total. The number of amides is 2. The van der Waals surface area contributed by atoms with E-state index >= 15 is 0 Å². The molecule has 1 aliphatic heterocycles. The molecule has 214 valence electrons. The van der Waals surface area contributed by atoms with Crippen molar-refractivity contribution in [2.45, 2.75) is 90.6 Å². The Balaban J connectivity index is 1.27. The number of carbonyl (C=O) groups excluding carboxylic acids is 2. The molecule has 2 amide bonds. The number of carbonyl (C=O) groups is 2. The molecule has 1 heterocycles. The highest BCUT2D eigenvalue weighted by Crippen LogP contribution is 2.65. The Morgan fingerprint density at radius 2 is 1.62 bits per heavy atom. The lowest BCUT2D eigenvalue weighted by Gasteiger charge is -2.64. The van der Waals surface area contributed by atoms with Crippen molar-refractivity contribution in [1.29, 1.82) is 0 Å². The Bertz CT molecular complexity index is 1220. The summed E-state index contributed by atoms with van der Waals surface area (Å²) in [5.41, 5.74) is 2.30. The fourth-order valence-electron chi connectivity index (χ4n) is 7.16. The van der Waals surface area contributed by atoms with Crippen LogP contribution in [0.15, 0.2) is 54.6 Å². The SMILES string of the molecule is CC(C)C[C@H](NC(=O)[C@@H](NC(=O)c1ccc(-c2ccccc2)cc1)[C@@H](C)O)B1O[C@@H]2C[C@@H]3C[C@@H](C3(C)C)[C@]2(C)O1. The quantitative estimate of drug-likeness (QED) is 0.399. The highest BCUT2D eigenvalue weighted by atomic mass is 16.7. The standard InChI is InChI=1S/C32H43BN2O5/c1-19(2)16-27(33-39-26-18-24-17-25(31(24,4)5)32(26,6)40-33)34-30(38)28(20(3)36)35-29(37)23-14-12-22(13-15-23)21-10-8-7-9-11-21/h7-15,19-20,24-28,36H,16-18H2,1-6H3,(H,34,38)(H,35,37)/t20-,24+,25+,26-,27+,28+,32+/m1/s1. The molecule has 4 fully saturated rings. The van der Waals surface area contributed by atoms with Crippen LogP contribution in [0, 0.1) is 23.2 Å². The van der Waals surface area contributed by atoms with Gasteiger partial charge in [0.05, 0.1) is 23.8 Å². The minimum Gasteiger partial charge on any atom is -0.404 e. The first kappa shape index (κ1) is 28.8. The molecule has 0 aromatic heterocycles. The average Bonchev–Trinajstić information content (AvgIpc) is 3.28. The van der Waals surface area contributed by atoms with Gasteiger partial charge >= 0.3 is 7.12 Å². The fraction of sp³-hybridized carbons (Fsp3) is 0.562. The fourth-order valence-corrected chi connectivity index (χ4v) is 7.16. The first-order valence-corrected chi connectivity index (χ1v) is 14.7. The van der Waals surface area contributed by atoms with Gasteiger partial charge in [0.25, 0.3) is 5.91 Å². The highest BCUT2D eigenvalue weighted by molar-refractivity contribution is 6.48. The first-order valence-electron chi connectivity index (χ1n) is 14.7. The van der Waals surface area contributed by atoms with Crippen LogP contribution in [0.2, 0.25) is 0 Å². The summed E-state index contributed by atoms with van der Waals surface area (Å²) < 4.78 is 13.1. The van der Waals surface area contributed by atoms with Crippen molar-refractivity contribution in [1.82, 2.24) is 10.6 Å². The van der Waals surface area contributed by atoms with Crippen molar-refractivity contribution in [2.75, 3.05) is 0 Å². The van der Waals surface area contributed by atoms with Crippen LogP contribution in [-0.2, 0) is 14.1 Å². The van der Waals surface area contributed by atoms with E-state index in [2.05, 4.69) is 45.3 Å². The Labute approximate surface area is 238 Å². The third-order valence-corrected chi connectivity index (χ3v) is 9.66. The van der Waals surface area contributed by atoms with E-state index in [1.807, 2.05) is 42.5 Å². The maximum absolute atomic E-state index is 13.5. The summed E-state index contributed by atoms with van der Waals surface area (Å²) >= 11 is 0. The molecule has 40 heavy (non-hydrogen) atoms. The molecule has 2 aromatic rings. The molecule has 0 unspecified atom stereocenters. The number of rotatable bonds is 9. The summed E-state index contributed by atoms with van der Waals surface area (Å²) in [6.07, 6.45) is 1.68. The Kier molecular flexibility index (Phi) is 7.90. The van der Waals surface area contributed by atoms with Gasteiger partial charge in [-0.25, -0.2) is 0 Å². The molecule has 6 rings (SSSR count). The second kappa shape index (κ2) is 11.0. The normalized spacial score (nSPS) is 28.7. The molecule has 1 saturated heterocycles. The minimum atomic E-state index is -1.12. The van der Waals surface area contributed by atoms with Gasteiger partial charge in [0.2, 0.25) is 5.91 Å². The molecule has 4 aliphatic rings. The van der Waals surface area contributed by atoms with E-state index in [-0.39, 0.29) is 23.0 Å². The van der Waals surface area contributed by atoms with E-state index < -0.39 is 37.0 Å². The van der Waals surface area contributed by atoms with Gasteiger partial charge in [0, 0.05) is 5.56 Å². The molecule has 2 bridgehead atoms. The van der Waals surface area contributed by atoms with Gasteiger partial charge < -0.3 is 25.0 Å². The highest BCUT2D eigenvalue weighted by Gasteiger charge is 2.68. The van der Waals surface area contributed by atoms with Crippen LogP contribution >= 0.6 is 0 Å². The number of hydrogen-bond donors (Lipinski definition) is 3. The maximum atomic E-state index is 13.5. The molecule has 0 radical (unpaired) electrons. The maximum Gasteiger partial charge on any atom is 0.481 e. The lowest BCUT2D eigenvalue weighted by atomic mass is 9.43. The molecule has 7 atom stereocenters. The molecule has 3 aliphatic carbocycles. The van der Waals surface area contributed by atoms with Crippen LogP contribution in [0.5, 0.6) is 0 Å². The van der Waals surface area contributed by atoms with Crippen molar-refractivity contribution < 1.29 is 24.0 Å². The number of nitrogens with one attached hydrogen (secondary N) is 2. The van der Waals surface area contributed by atoms with Gasteiger partial charge in [-0.3, -0.25) is 9.59 Å². The van der Waals surface area contributed by atoms with Crippen molar-refractivity contribution in [2.24, 2.45) is 23.2 Å². The van der Waals surface area contributed by atoms with Crippen LogP contribution in [0.4, 0.5) is 0 Å². The molecular formula is C32H43BN2O5. The zero-order valence-electron chi connectivity index (χ0n) is 24.5. The first-order chi connectivity index (χ1) is 18.9. The van der Waals surface area contributed by atoms with Gasteiger partial charge in [0.15, 0.2) is 0 Å². The number of benzene rings is 2. The van der Waals surface area contributed by atoms with Gasteiger partial charge in [-0.1, -0.05) is 70.2 Å². The lowest BCUT2D eigenvalue weighted by molar-refractivity contribution is -0.199. The number of hydrogen-bond acceptors (Lipinski definition) is 5.